The summed E-state index contributed by atoms with van der Waals surface area (Å²) < 4.78 is 0. The van der Waals surface area contributed by atoms with E-state index in [0.29, 0.717) is 0 Å². The monoisotopic (exact) mass is 681 g/mol. The van der Waals surface area contributed by atoms with E-state index in [1.54, 1.807) is 0 Å². The molecule has 0 atom stereocenters. The molecule has 0 unspecified atom stereocenters. The number of rotatable bonds is 7. The predicted molar refractivity (Wildman–Crippen MR) is 222 cm³/mol. The van der Waals surface area contributed by atoms with E-state index in [1.165, 1.54) is 39.2 Å². The largest absolute Gasteiger partial charge is 0.310 e. The molecule has 53 heavy (non-hydrogen) atoms. The summed E-state index contributed by atoms with van der Waals surface area (Å²) in [6.45, 7) is 4.68. The number of hydrogen-bond donors (Lipinski definition) is 0. The summed E-state index contributed by atoms with van der Waals surface area (Å²) in [7, 11) is 0. The standard InChI is InChI=1S/C50H39N3/c1-50(2)46-18-9-10-19-48(46)53(42-15-7-4-8-16-42)49-35-41(24-29-47(49)50)40-14-11-17-45(34-40)52(43-25-20-37(21-26-43)36-12-5-3-6-13-36)44-27-22-38(23-28-44)39-30-32-51-33-31-39/h3-35H,1-2H3. The fourth-order valence-corrected chi connectivity index (χ4v) is 7.80. The van der Waals surface area contributed by atoms with Crippen LogP contribution in [0.5, 0.6) is 0 Å². The van der Waals surface area contributed by atoms with Crippen molar-refractivity contribution >= 4 is 34.1 Å². The van der Waals surface area contributed by atoms with Crippen molar-refractivity contribution < 1.29 is 0 Å². The lowest BCUT2D eigenvalue weighted by Crippen LogP contribution is -2.30. The van der Waals surface area contributed by atoms with Crippen LogP contribution in [0.25, 0.3) is 33.4 Å². The molecule has 3 nitrogen and oxygen atoms in total. The van der Waals surface area contributed by atoms with Crippen LogP contribution in [0, 0.1) is 0 Å². The van der Waals surface area contributed by atoms with E-state index in [4.69, 9.17) is 0 Å². The van der Waals surface area contributed by atoms with Crippen LogP contribution in [0.4, 0.5) is 34.1 Å². The number of nitrogens with zero attached hydrogens (tertiary/aromatic N) is 3. The molecule has 0 saturated carbocycles. The van der Waals surface area contributed by atoms with E-state index in [9.17, 15) is 0 Å². The Labute approximate surface area is 312 Å². The molecule has 0 fully saturated rings. The Morgan fingerprint density at radius 1 is 0.396 bits per heavy atom. The molecule has 0 radical (unpaired) electrons. The predicted octanol–water partition coefficient (Wildman–Crippen LogP) is 13.7. The SMILES string of the molecule is CC1(C)c2ccccc2N(c2ccccc2)c2cc(-c3cccc(N(c4ccc(-c5ccccc5)cc4)c4ccc(-c5ccncc5)cc4)c3)ccc21. The van der Waals surface area contributed by atoms with Crippen molar-refractivity contribution in [3.05, 3.63) is 212 Å². The molecule has 0 spiro atoms. The number of aromatic nitrogens is 1. The molecule has 1 aliphatic heterocycles. The van der Waals surface area contributed by atoms with Gasteiger partial charge in [0.2, 0.25) is 0 Å². The summed E-state index contributed by atoms with van der Waals surface area (Å²) in [5.74, 6) is 0. The Morgan fingerprint density at radius 3 is 1.58 bits per heavy atom. The van der Waals surface area contributed by atoms with Gasteiger partial charge >= 0.3 is 0 Å². The highest BCUT2D eigenvalue weighted by molar-refractivity contribution is 5.89. The van der Waals surface area contributed by atoms with Gasteiger partial charge in [-0.15, -0.1) is 0 Å². The van der Waals surface area contributed by atoms with Gasteiger partial charge < -0.3 is 9.80 Å². The second-order valence-corrected chi connectivity index (χ2v) is 14.1. The minimum Gasteiger partial charge on any atom is -0.310 e. The van der Waals surface area contributed by atoms with E-state index in [2.05, 4.69) is 217 Å². The highest BCUT2D eigenvalue weighted by atomic mass is 15.2. The topological polar surface area (TPSA) is 19.4 Å². The number of anilines is 6. The van der Waals surface area contributed by atoms with Crippen molar-refractivity contribution in [1.82, 2.24) is 4.98 Å². The fourth-order valence-electron chi connectivity index (χ4n) is 7.80. The third-order valence-corrected chi connectivity index (χ3v) is 10.6. The first-order chi connectivity index (χ1) is 26.0. The van der Waals surface area contributed by atoms with Gasteiger partial charge in [-0.05, 0) is 117 Å². The molecule has 7 aromatic carbocycles. The zero-order valence-electron chi connectivity index (χ0n) is 29.9. The molecule has 1 aliphatic rings. The quantitative estimate of drug-likeness (QED) is 0.167. The number of fused-ring (bicyclic) bond motifs is 2. The first-order valence-electron chi connectivity index (χ1n) is 18.2. The van der Waals surface area contributed by atoms with Gasteiger partial charge in [-0.25, -0.2) is 0 Å². The smallest absolute Gasteiger partial charge is 0.0508 e. The van der Waals surface area contributed by atoms with Gasteiger partial charge in [0.05, 0.1) is 11.4 Å². The average molecular weight is 682 g/mol. The van der Waals surface area contributed by atoms with E-state index in [0.717, 1.165) is 39.4 Å². The van der Waals surface area contributed by atoms with E-state index in [-0.39, 0.29) is 5.41 Å². The Hall–Kier alpha value is -6.71. The van der Waals surface area contributed by atoms with Gasteiger partial charge in [-0.1, -0.05) is 129 Å². The molecule has 3 heteroatoms. The van der Waals surface area contributed by atoms with E-state index in [1.807, 2.05) is 12.4 Å². The molecule has 0 aliphatic carbocycles. The molecule has 254 valence electrons. The molecule has 0 amide bonds. The molecule has 0 N–H and O–H groups in total. The molecular weight excluding hydrogens is 643 g/mol. The fraction of sp³-hybridized carbons (Fsp3) is 0.0600. The zero-order valence-corrected chi connectivity index (χ0v) is 29.9. The number of benzene rings is 7. The molecule has 0 bridgehead atoms. The number of para-hydroxylation sites is 2. The molecule has 1 aromatic heterocycles. The summed E-state index contributed by atoms with van der Waals surface area (Å²) >= 11 is 0. The number of hydrogen-bond acceptors (Lipinski definition) is 3. The minimum atomic E-state index is -0.150. The summed E-state index contributed by atoms with van der Waals surface area (Å²) in [6.07, 6.45) is 3.68. The summed E-state index contributed by atoms with van der Waals surface area (Å²) in [6, 6.07) is 67.8. The van der Waals surface area contributed by atoms with Gasteiger partial charge in [-0.2, -0.15) is 0 Å². The number of pyridine rings is 1. The van der Waals surface area contributed by atoms with Crippen LogP contribution in [0.2, 0.25) is 0 Å². The van der Waals surface area contributed by atoms with Crippen molar-refractivity contribution in [3.8, 4) is 33.4 Å². The van der Waals surface area contributed by atoms with Crippen LogP contribution in [0.15, 0.2) is 200 Å². The Balaban J connectivity index is 1.15. The highest BCUT2D eigenvalue weighted by Crippen LogP contribution is 2.52. The van der Waals surface area contributed by atoms with Crippen LogP contribution < -0.4 is 9.80 Å². The Kier molecular flexibility index (Phi) is 8.17. The van der Waals surface area contributed by atoms with Gasteiger partial charge in [0.15, 0.2) is 0 Å². The van der Waals surface area contributed by atoms with Gasteiger partial charge in [0.1, 0.15) is 0 Å². The maximum atomic E-state index is 4.21. The third kappa shape index (κ3) is 5.96. The first-order valence-corrected chi connectivity index (χ1v) is 18.2. The Bertz CT molecular complexity index is 2420. The lowest BCUT2D eigenvalue weighted by Gasteiger charge is -2.42. The second-order valence-electron chi connectivity index (χ2n) is 14.1. The third-order valence-electron chi connectivity index (χ3n) is 10.6. The van der Waals surface area contributed by atoms with Crippen LogP contribution in [0.3, 0.4) is 0 Å². The van der Waals surface area contributed by atoms with Gasteiger partial charge in [0, 0.05) is 40.6 Å². The summed E-state index contributed by atoms with van der Waals surface area (Å²) in [5, 5.41) is 0. The van der Waals surface area contributed by atoms with Crippen LogP contribution in [0.1, 0.15) is 25.0 Å². The van der Waals surface area contributed by atoms with Crippen LogP contribution >= 0.6 is 0 Å². The molecule has 8 aromatic rings. The van der Waals surface area contributed by atoms with Crippen LogP contribution in [-0.2, 0) is 5.41 Å². The molecule has 9 rings (SSSR count). The highest BCUT2D eigenvalue weighted by Gasteiger charge is 2.36. The second kappa shape index (κ2) is 13.4. The Morgan fingerprint density at radius 2 is 0.906 bits per heavy atom. The first kappa shape index (κ1) is 32.2. The van der Waals surface area contributed by atoms with Crippen molar-refractivity contribution in [3.63, 3.8) is 0 Å². The zero-order chi connectivity index (χ0) is 35.8. The van der Waals surface area contributed by atoms with Crippen molar-refractivity contribution in [1.29, 1.82) is 0 Å². The van der Waals surface area contributed by atoms with Crippen LogP contribution in [-0.4, -0.2) is 4.98 Å². The minimum absolute atomic E-state index is 0.150. The van der Waals surface area contributed by atoms with Gasteiger partial charge in [0.25, 0.3) is 0 Å². The maximum absolute atomic E-state index is 4.21. The molecule has 0 saturated heterocycles. The van der Waals surface area contributed by atoms with Crippen molar-refractivity contribution in [2.75, 3.05) is 9.80 Å². The lowest BCUT2D eigenvalue weighted by molar-refractivity contribution is 0.632. The van der Waals surface area contributed by atoms with E-state index < -0.39 is 0 Å². The van der Waals surface area contributed by atoms with E-state index >= 15 is 0 Å². The maximum Gasteiger partial charge on any atom is 0.0508 e. The van der Waals surface area contributed by atoms with Gasteiger partial charge in [-0.3, -0.25) is 4.98 Å². The van der Waals surface area contributed by atoms with Crippen molar-refractivity contribution in [2.24, 2.45) is 0 Å². The summed E-state index contributed by atoms with van der Waals surface area (Å²) in [5.41, 5.74) is 16.4. The lowest BCUT2D eigenvalue weighted by atomic mass is 9.73. The molecule has 2 heterocycles. The van der Waals surface area contributed by atoms with Crippen molar-refractivity contribution in [2.45, 2.75) is 19.3 Å². The summed E-state index contributed by atoms with van der Waals surface area (Å²) in [4.78, 5) is 8.98. The molecular formula is C50H39N3. The normalized spacial score (nSPS) is 12.8. The average Bonchev–Trinajstić information content (AvgIpc) is 3.23.